The maximum absolute atomic E-state index is 11.9. The lowest BCUT2D eigenvalue weighted by molar-refractivity contribution is -0.125. The van der Waals surface area contributed by atoms with Gasteiger partial charge in [0.1, 0.15) is 5.15 Å². The molecule has 1 aliphatic carbocycles. The summed E-state index contributed by atoms with van der Waals surface area (Å²) >= 11 is 5.65. The zero-order valence-corrected chi connectivity index (χ0v) is 13.6. The number of hydrogen-bond acceptors (Lipinski definition) is 4. The Hall–Kier alpha value is -1.62. The van der Waals surface area contributed by atoms with Crippen molar-refractivity contribution in [2.24, 2.45) is 11.8 Å². The van der Waals surface area contributed by atoms with Gasteiger partial charge in [-0.1, -0.05) is 38.3 Å². The maximum Gasteiger partial charge on any atom is 0.340 e. The number of hydrogen-bond donors (Lipinski definition) is 1. The minimum Gasteiger partial charge on any atom is -0.452 e. The van der Waals surface area contributed by atoms with Crippen molar-refractivity contribution < 1.29 is 14.3 Å². The van der Waals surface area contributed by atoms with E-state index in [1.807, 2.05) is 0 Å². The molecular formula is C16H21ClN2O3. The average Bonchev–Trinajstić information content (AvgIpc) is 2.50. The Kier molecular flexibility index (Phi) is 5.77. The fourth-order valence-electron chi connectivity index (χ4n) is 2.75. The smallest absolute Gasteiger partial charge is 0.340 e. The number of esters is 1. The molecule has 1 fully saturated rings. The molecule has 0 bridgehead atoms. The lowest BCUT2D eigenvalue weighted by Gasteiger charge is -2.34. The Bertz CT molecular complexity index is 533. The number of carbonyl (C=O) groups excluding carboxylic acids is 2. The third-order valence-electron chi connectivity index (χ3n) is 4.35. The van der Waals surface area contributed by atoms with Crippen molar-refractivity contribution in [1.82, 2.24) is 10.3 Å². The van der Waals surface area contributed by atoms with Crippen LogP contribution in [0.25, 0.3) is 0 Å². The Labute approximate surface area is 135 Å². The number of rotatable bonds is 4. The van der Waals surface area contributed by atoms with Gasteiger partial charge >= 0.3 is 5.97 Å². The van der Waals surface area contributed by atoms with Crippen LogP contribution in [0.5, 0.6) is 0 Å². The second-order valence-electron chi connectivity index (χ2n) is 5.89. The first-order valence-corrected chi connectivity index (χ1v) is 7.93. The number of pyridine rings is 1. The summed E-state index contributed by atoms with van der Waals surface area (Å²) in [4.78, 5) is 27.5. The van der Waals surface area contributed by atoms with Crippen molar-refractivity contribution in [3.05, 3.63) is 29.0 Å². The van der Waals surface area contributed by atoms with Crippen LogP contribution < -0.4 is 5.32 Å². The van der Waals surface area contributed by atoms with Crippen LogP contribution in [0.3, 0.4) is 0 Å². The van der Waals surface area contributed by atoms with Crippen LogP contribution in [0, 0.1) is 11.8 Å². The van der Waals surface area contributed by atoms with Crippen LogP contribution in [0.4, 0.5) is 0 Å². The molecule has 0 saturated heterocycles. The average molecular weight is 325 g/mol. The summed E-state index contributed by atoms with van der Waals surface area (Å²) in [6.45, 7) is 4.08. The molecule has 2 rings (SSSR count). The van der Waals surface area contributed by atoms with Gasteiger partial charge in [0, 0.05) is 12.2 Å². The molecule has 1 N–H and O–H groups in total. The Morgan fingerprint density at radius 3 is 2.82 bits per heavy atom. The molecule has 1 aromatic heterocycles. The van der Waals surface area contributed by atoms with Gasteiger partial charge in [-0.2, -0.15) is 0 Å². The van der Waals surface area contributed by atoms with Crippen LogP contribution >= 0.6 is 11.6 Å². The highest BCUT2D eigenvalue weighted by atomic mass is 35.5. The van der Waals surface area contributed by atoms with E-state index in [1.54, 1.807) is 0 Å². The fourth-order valence-corrected chi connectivity index (χ4v) is 2.86. The molecule has 1 saturated carbocycles. The summed E-state index contributed by atoms with van der Waals surface area (Å²) in [6.07, 6.45) is 4.62. The van der Waals surface area contributed by atoms with Gasteiger partial charge in [0.2, 0.25) is 0 Å². The monoisotopic (exact) mass is 324 g/mol. The largest absolute Gasteiger partial charge is 0.452 e. The molecule has 0 aliphatic heterocycles. The van der Waals surface area contributed by atoms with Crippen LogP contribution in [0.15, 0.2) is 18.3 Å². The zero-order valence-electron chi connectivity index (χ0n) is 12.8. The van der Waals surface area contributed by atoms with E-state index < -0.39 is 5.97 Å². The first-order chi connectivity index (χ1) is 10.5. The van der Waals surface area contributed by atoms with Crippen LogP contribution in [0.1, 0.15) is 43.5 Å². The quantitative estimate of drug-likeness (QED) is 0.683. The molecule has 0 spiro atoms. The van der Waals surface area contributed by atoms with Crippen molar-refractivity contribution >= 4 is 23.5 Å². The van der Waals surface area contributed by atoms with Crippen molar-refractivity contribution in [1.29, 1.82) is 0 Å². The predicted molar refractivity (Wildman–Crippen MR) is 83.6 cm³/mol. The number of carbonyl (C=O) groups is 2. The van der Waals surface area contributed by atoms with E-state index in [-0.39, 0.29) is 24.1 Å². The van der Waals surface area contributed by atoms with E-state index in [0.717, 1.165) is 12.8 Å². The first-order valence-electron chi connectivity index (χ1n) is 7.55. The SMILES string of the molecule is C[C@H]1[C@@H](NC(=O)COC(=O)c2ccc(Cl)nc2)CCC[C@@H]1C. The maximum atomic E-state index is 11.9. The molecule has 1 amide bonds. The zero-order chi connectivity index (χ0) is 16.1. The summed E-state index contributed by atoms with van der Waals surface area (Å²) in [7, 11) is 0. The molecular weight excluding hydrogens is 304 g/mol. The van der Waals surface area contributed by atoms with E-state index in [2.05, 4.69) is 24.1 Å². The van der Waals surface area contributed by atoms with Crippen LogP contribution in [-0.4, -0.2) is 29.5 Å². The van der Waals surface area contributed by atoms with Gasteiger partial charge in [0.15, 0.2) is 6.61 Å². The number of aromatic nitrogens is 1. The molecule has 22 heavy (non-hydrogen) atoms. The Morgan fingerprint density at radius 1 is 1.36 bits per heavy atom. The van der Waals surface area contributed by atoms with Crippen molar-refractivity contribution in [3.8, 4) is 0 Å². The molecule has 120 valence electrons. The molecule has 6 heteroatoms. The fraction of sp³-hybridized carbons (Fsp3) is 0.562. The van der Waals surface area contributed by atoms with Gasteiger partial charge < -0.3 is 10.1 Å². The van der Waals surface area contributed by atoms with E-state index in [1.165, 1.54) is 24.8 Å². The van der Waals surface area contributed by atoms with Crippen LogP contribution in [0.2, 0.25) is 5.15 Å². The second kappa shape index (κ2) is 7.58. The molecule has 3 atom stereocenters. The number of amides is 1. The summed E-state index contributed by atoms with van der Waals surface area (Å²) in [5.41, 5.74) is 0.275. The minimum atomic E-state index is -0.579. The van der Waals surface area contributed by atoms with Gasteiger partial charge in [-0.25, -0.2) is 9.78 Å². The highest BCUT2D eigenvalue weighted by Gasteiger charge is 2.28. The second-order valence-corrected chi connectivity index (χ2v) is 6.27. The lowest BCUT2D eigenvalue weighted by atomic mass is 9.78. The summed E-state index contributed by atoms with van der Waals surface area (Å²) in [6, 6.07) is 3.18. The Balaban J connectivity index is 1.80. The van der Waals surface area contributed by atoms with E-state index in [9.17, 15) is 9.59 Å². The Morgan fingerprint density at radius 2 is 2.14 bits per heavy atom. The van der Waals surface area contributed by atoms with E-state index >= 15 is 0 Å². The third kappa shape index (κ3) is 4.44. The molecule has 5 nitrogen and oxygen atoms in total. The third-order valence-corrected chi connectivity index (χ3v) is 4.57. The van der Waals surface area contributed by atoms with Gasteiger partial charge in [-0.3, -0.25) is 4.79 Å². The number of nitrogens with zero attached hydrogens (tertiary/aromatic N) is 1. The first kappa shape index (κ1) is 16.7. The molecule has 0 unspecified atom stereocenters. The molecule has 1 aliphatic rings. The molecule has 0 radical (unpaired) electrons. The van der Waals surface area contributed by atoms with E-state index in [4.69, 9.17) is 16.3 Å². The van der Waals surface area contributed by atoms with Crippen molar-refractivity contribution in [2.75, 3.05) is 6.61 Å². The minimum absolute atomic E-state index is 0.159. The van der Waals surface area contributed by atoms with Gasteiger partial charge in [0.25, 0.3) is 5.91 Å². The summed E-state index contributed by atoms with van der Waals surface area (Å²) < 4.78 is 5.00. The van der Waals surface area contributed by atoms with Crippen molar-refractivity contribution in [2.45, 2.75) is 39.2 Å². The summed E-state index contributed by atoms with van der Waals surface area (Å²) in [5.74, 6) is 0.196. The normalized spacial score (nSPS) is 24.6. The van der Waals surface area contributed by atoms with Gasteiger partial charge in [-0.15, -0.1) is 0 Å². The van der Waals surface area contributed by atoms with Crippen molar-refractivity contribution in [3.63, 3.8) is 0 Å². The van der Waals surface area contributed by atoms with Gasteiger partial charge in [0.05, 0.1) is 5.56 Å². The predicted octanol–water partition coefficient (Wildman–Crippen LogP) is 2.83. The van der Waals surface area contributed by atoms with Crippen LogP contribution in [-0.2, 0) is 9.53 Å². The topological polar surface area (TPSA) is 68.3 Å². The molecule has 0 aromatic carbocycles. The standard InChI is InChI=1S/C16H21ClN2O3/c1-10-4-3-5-13(11(10)2)19-15(20)9-22-16(21)12-6-7-14(17)18-8-12/h6-8,10-11,13H,3-5,9H2,1-2H3,(H,19,20)/t10-,11+,13-/m0/s1. The highest BCUT2D eigenvalue weighted by Crippen LogP contribution is 2.29. The molecule has 1 aromatic rings. The van der Waals surface area contributed by atoms with Gasteiger partial charge in [-0.05, 0) is 30.4 Å². The summed E-state index contributed by atoms with van der Waals surface area (Å²) in [5, 5.41) is 3.26. The van der Waals surface area contributed by atoms with E-state index in [0.29, 0.717) is 17.0 Å². The lowest BCUT2D eigenvalue weighted by Crippen LogP contribution is -2.45. The molecule has 1 heterocycles. The number of nitrogens with one attached hydrogen (secondary N) is 1. The number of halogens is 1. The number of ether oxygens (including phenoxy) is 1. The highest BCUT2D eigenvalue weighted by molar-refractivity contribution is 6.29.